The number of halogens is 1. The number of phenolic OH excluding ortho intramolecular Hbond substituents is 1. The number of hydrogen-bond donors (Lipinski definition) is 2. The fourth-order valence-electron chi connectivity index (χ4n) is 3.07. The van der Waals surface area contributed by atoms with Crippen molar-refractivity contribution in [1.29, 1.82) is 0 Å². The van der Waals surface area contributed by atoms with Gasteiger partial charge < -0.3 is 10.4 Å². The van der Waals surface area contributed by atoms with E-state index in [2.05, 4.69) is 15.4 Å². The number of aromatic hydroxyl groups is 1. The van der Waals surface area contributed by atoms with Crippen LogP contribution < -0.4 is 5.32 Å². The summed E-state index contributed by atoms with van der Waals surface area (Å²) in [5.41, 5.74) is 2.02. The molecule has 0 spiro atoms. The SMILES string of the molecule is O=C(Nc1ccc(O)c(F)c1)c1nc2n(n1)C(=O)C1=C(CCC1)C2. The Hall–Kier alpha value is -3.03. The van der Waals surface area contributed by atoms with Crippen molar-refractivity contribution in [3.05, 3.63) is 46.8 Å². The van der Waals surface area contributed by atoms with Gasteiger partial charge in [-0.05, 0) is 31.4 Å². The lowest BCUT2D eigenvalue weighted by atomic mass is 10.0. The molecule has 2 N–H and O–H groups in total. The highest BCUT2D eigenvalue weighted by molar-refractivity contribution is 6.03. The molecule has 0 saturated heterocycles. The lowest BCUT2D eigenvalue weighted by Gasteiger charge is -2.13. The summed E-state index contributed by atoms with van der Waals surface area (Å²) in [6, 6.07) is 3.48. The van der Waals surface area contributed by atoms with Crippen molar-refractivity contribution >= 4 is 17.5 Å². The number of rotatable bonds is 2. The Morgan fingerprint density at radius 2 is 2.17 bits per heavy atom. The summed E-state index contributed by atoms with van der Waals surface area (Å²) >= 11 is 0. The summed E-state index contributed by atoms with van der Waals surface area (Å²) < 4.78 is 14.5. The first-order valence-corrected chi connectivity index (χ1v) is 7.54. The molecule has 7 nitrogen and oxygen atoms in total. The summed E-state index contributed by atoms with van der Waals surface area (Å²) in [7, 11) is 0. The molecule has 0 radical (unpaired) electrons. The van der Waals surface area contributed by atoms with E-state index in [1.54, 1.807) is 0 Å². The molecular formula is C16H13FN4O3. The van der Waals surface area contributed by atoms with Gasteiger partial charge in [0, 0.05) is 23.7 Å². The quantitative estimate of drug-likeness (QED) is 0.822. The first-order valence-electron chi connectivity index (χ1n) is 7.54. The lowest BCUT2D eigenvalue weighted by Crippen LogP contribution is -2.23. The Morgan fingerprint density at radius 1 is 1.33 bits per heavy atom. The molecule has 1 aromatic carbocycles. The molecule has 1 amide bonds. The van der Waals surface area contributed by atoms with Gasteiger partial charge in [-0.1, -0.05) is 5.57 Å². The summed E-state index contributed by atoms with van der Waals surface area (Å²) in [6.07, 6.45) is 3.10. The van der Waals surface area contributed by atoms with Crippen molar-refractivity contribution in [2.24, 2.45) is 0 Å². The predicted octanol–water partition coefficient (Wildman–Crippen LogP) is 2.05. The molecule has 0 unspecified atom stereocenters. The highest BCUT2D eigenvalue weighted by Gasteiger charge is 2.32. The number of allylic oxidation sites excluding steroid dienone is 2. The molecule has 2 heterocycles. The molecule has 0 saturated carbocycles. The number of nitrogens with zero attached hydrogens (tertiary/aromatic N) is 3. The third-order valence-corrected chi connectivity index (χ3v) is 4.24. The Kier molecular flexibility index (Phi) is 3.19. The van der Waals surface area contributed by atoms with Crippen molar-refractivity contribution < 1.29 is 19.1 Å². The number of hydrogen-bond acceptors (Lipinski definition) is 5. The van der Waals surface area contributed by atoms with Gasteiger partial charge in [-0.15, -0.1) is 5.10 Å². The number of phenols is 1. The van der Waals surface area contributed by atoms with E-state index < -0.39 is 17.5 Å². The van der Waals surface area contributed by atoms with Crippen LogP contribution in [0.3, 0.4) is 0 Å². The van der Waals surface area contributed by atoms with E-state index in [0.29, 0.717) is 12.2 Å². The maximum absolute atomic E-state index is 13.3. The minimum atomic E-state index is -0.847. The summed E-state index contributed by atoms with van der Waals surface area (Å²) in [5.74, 6) is -1.91. The second kappa shape index (κ2) is 5.26. The smallest absolute Gasteiger partial charge is 0.295 e. The molecule has 1 aromatic heterocycles. The predicted molar refractivity (Wildman–Crippen MR) is 81.2 cm³/mol. The normalized spacial score (nSPS) is 16.1. The van der Waals surface area contributed by atoms with Gasteiger partial charge >= 0.3 is 0 Å². The van der Waals surface area contributed by atoms with E-state index in [-0.39, 0.29) is 17.4 Å². The van der Waals surface area contributed by atoms with Crippen molar-refractivity contribution in [2.75, 3.05) is 5.32 Å². The second-order valence-corrected chi connectivity index (χ2v) is 5.80. The van der Waals surface area contributed by atoms with Crippen LogP contribution >= 0.6 is 0 Å². The molecule has 1 aliphatic carbocycles. The van der Waals surface area contributed by atoms with Crippen LogP contribution in [0.1, 0.15) is 40.5 Å². The Bertz CT molecular complexity index is 916. The van der Waals surface area contributed by atoms with E-state index in [1.165, 1.54) is 10.7 Å². The van der Waals surface area contributed by atoms with Crippen molar-refractivity contribution in [2.45, 2.75) is 25.7 Å². The summed E-state index contributed by atoms with van der Waals surface area (Å²) in [6.45, 7) is 0. The fourth-order valence-corrected chi connectivity index (χ4v) is 3.07. The van der Waals surface area contributed by atoms with Crippen LogP contribution in [-0.4, -0.2) is 31.7 Å². The molecule has 122 valence electrons. The Balaban J connectivity index is 1.58. The Morgan fingerprint density at radius 3 is 2.96 bits per heavy atom. The van der Waals surface area contributed by atoms with Gasteiger partial charge in [-0.25, -0.2) is 9.37 Å². The van der Waals surface area contributed by atoms with Gasteiger partial charge in [-0.2, -0.15) is 4.68 Å². The van der Waals surface area contributed by atoms with Crippen LogP contribution in [0, 0.1) is 5.82 Å². The van der Waals surface area contributed by atoms with Crippen LogP contribution in [-0.2, 0) is 6.42 Å². The highest BCUT2D eigenvalue weighted by Crippen LogP contribution is 2.32. The number of benzene rings is 1. The first-order chi connectivity index (χ1) is 11.5. The van der Waals surface area contributed by atoms with Crippen LogP contribution in [0.5, 0.6) is 5.75 Å². The Labute approximate surface area is 135 Å². The van der Waals surface area contributed by atoms with Gasteiger partial charge in [0.05, 0.1) is 0 Å². The molecular weight excluding hydrogens is 315 g/mol. The molecule has 8 heteroatoms. The number of nitrogens with one attached hydrogen (secondary N) is 1. The molecule has 0 fully saturated rings. The summed E-state index contributed by atoms with van der Waals surface area (Å²) in [5, 5.41) is 15.6. The van der Waals surface area contributed by atoms with Crippen LogP contribution in [0.2, 0.25) is 0 Å². The number of anilines is 1. The molecule has 2 aliphatic rings. The molecule has 4 rings (SSSR count). The van der Waals surface area contributed by atoms with Gasteiger partial charge in [0.25, 0.3) is 11.8 Å². The molecule has 1 aliphatic heterocycles. The van der Waals surface area contributed by atoms with Crippen LogP contribution in [0.25, 0.3) is 0 Å². The standard InChI is InChI=1S/C16H13FN4O3/c17-11-7-9(4-5-12(11)22)18-15(23)14-19-13-6-8-2-1-3-10(8)16(24)21(13)20-14/h4-5,7,22H,1-3,6H2,(H,18,23). The average molecular weight is 328 g/mol. The zero-order chi connectivity index (χ0) is 16.8. The van der Waals surface area contributed by atoms with Gasteiger partial charge in [0.15, 0.2) is 11.6 Å². The van der Waals surface area contributed by atoms with E-state index in [9.17, 15) is 14.0 Å². The van der Waals surface area contributed by atoms with E-state index in [4.69, 9.17) is 5.11 Å². The largest absolute Gasteiger partial charge is 0.505 e. The zero-order valence-electron chi connectivity index (χ0n) is 12.5. The van der Waals surface area contributed by atoms with E-state index >= 15 is 0 Å². The molecule has 24 heavy (non-hydrogen) atoms. The number of carbonyl (C=O) groups excluding carboxylic acids is 2. The van der Waals surface area contributed by atoms with Crippen molar-refractivity contribution in [3.63, 3.8) is 0 Å². The zero-order valence-corrected chi connectivity index (χ0v) is 12.5. The van der Waals surface area contributed by atoms with Gasteiger partial charge in [0.1, 0.15) is 5.82 Å². The van der Waals surface area contributed by atoms with E-state index in [1.807, 2.05) is 0 Å². The minimum absolute atomic E-state index is 0.145. The van der Waals surface area contributed by atoms with Crippen molar-refractivity contribution in [3.8, 4) is 5.75 Å². The third-order valence-electron chi connectivity index (χ3n) is 4.24. The minimum Gasteiger partial charge on any atom is -0.505 e. The fraction of sp³-hybridized carbons (Fsp3) is 0.250. The van der Waals surface area contributed by atoms with Crippen LogP contribution in [0.4, 0.5) is 10.1 Å². The number of carbonyl (C=O) groups is 2. The third kappa shape index (κ3) is 2.27. The van der Waals surface area contributed by atoms with Gasteiger partial charge in [-0.3, -0.25) is 9.59 Å². The maximum atomic E-state index is 13.3. The lowest BCUT2D eigenvalue weighted by molar-refractivity contribution is 0.0927. The second-order valence-electron chi connectivity index (χ2n) is 5.80. The molecule has 0 atom stereocenters. The highest BCUT2D eigenvalue weighted by atomic mass is 19.1. The van der Waals surface area contributed by atoms with Crippen molar-refractivity contribution in [1.82, 2.24) is 14.8 Å². The number of fused-ring (bicyclic) bond motifs is 1. The number of amides is 1. The first kappa shape index (κ1) is 14.6. The van der Waals surface area contributed by atoms with Crippen LogP contribution in [0.15, 0.2) is 29.3 Å². The monoisotopic (exact) mass is 328 g/mol. The maximum Gasteiger partial charge on any atom is 0.295 e. The average Bonchev–Trinajstić information content (AvgIpc) is 3.18. The summed E-state index contributed by atoms with van der Waals surface area (Å²) in [4.78, 5) is 28.7. The molecule has 2 aromatic rings. The molecule has 0 bridgehead atoms. The van der Waals surface area contributed by atoms with Gasteiger partial charge in [0.2, 0.25) is 5.82 Å². The number of aromatic nitrogens is 3. The van der Waals surface area contributed by atoms with E-state index in [0.717, 1.165) is 42.5 Å². The topological polar surface area (TPSA) is 97.1 Å².